The standard InChI is InChI=1S/C23H22Cl2F2N6O5/c1-12(38-23(36)32(3)21-13(5-4-8-29-21)11-37-17(34)10-28-2)33-20(25)18(27)19(31-33)22(35)30-16-7-6-14(26)9-15(16)24/h4-9,12,28H,10-11H2,1-3H3,(H,30,35). The van der Waals surface area contributed by atoms with Gasteiger partial charge in [0.1, 0.15) is 18.2 Å². The predicted octanol–water partition coefficient (Wildman–Crippen LogP) is 4.17. The molecular formula is C23H22Cl2F2N6O5. The van der Waals surface area contributed by atoms with Gasteiger partial charge in [-0.15, -0.1) is 0 Å². The SMILES string of the molecule is CNCC(=O)OCc1cccnc1N(C)C(=O)OC(C)n1nc(C(=O)Nc2ccc(F)cc2Cl)c(F)c1Cl. The van der Waals surface area contributed by atoms with Gasteiger partial charge in [0.2, 0.25) is 0 Å². The Morgan fingerprint density at radius 3 is 2.63 bits per heavy atom. The second-order valence-corrected chi connectivity index (χ2v) is 8.46. The molecule has 1 atom stereocenters. The van der Waals surface area contributed by atoms with E-state index in [1.807, 2.05) is 0 Å². The number of rotatable bonds is 9. The molecule has 2 amide bonds. The highest BCUT2D eigenvalue weighted by molar-refractivity contribution is 6.34. The molecule has 1 aromatic carbocycles. The Kier molecular flexibility index (Phi) is 9.55. The van der Waals surface area contributed by atoms with E-state index in [9.17, 15) is 23.2 Å². The van der Waals surface area contributed by atoms with Gasteiger partial charge in [-0.3, -0.25) is 14.5 Å². The Morgan fingerprint density at radius 1 is 1.21 bits per heavy atom. The quantitative estimate of drug-likeness (QED) is 0.367. The van der Waals surface area contributed by atoms with Crippen LogP contribution in [0, 0.1) is 11.6 Å². The molecule has 3 aromatic rings. The van der Waals surface area contributed by atoms with Crippen LogP contribution >= 0.6 is 23.2 Å². The van der Waals surface area contributed by atoms with Crippen LogP contribution in [0.3, 0.4) is 0 Å². The maximum absolute atomic E-state index is 14.7. The second kappa shape index (κ2) is 12.6. The van der Waals surface area contributed by atoms with E-state index in [2.05, 4.69) is 20.7 Å². The van der Waals surface area contributed by atoms with E-state index in [1.165, 1.54) is 26.2 Å². The van der Waals surface area contributed by atoms with Crippen molar-refractivity contribution in [2.45, 2.75) is 19.8 Å². The van der Waals surface area contributed by atoms with E-state index in [-0.39, 0.29) is 29.7 Å². The highest BCUT2D eigenvalue weighted by Crippen LogP contribution is 2.27. The molecule has 0 saturated carbocycles. The summed E-state index contributed by atoms with van der Waals surface area (Å²) in [5.74, 6) is -3.17. The number of hydrogen-bond donors (Lipinski definition) is 2. The van der Waals surface area contributed by atoms with E-state index in [4.69, 9.17) is 32.7 Å². The van der Waals surface area contributed by atoms with Crippen LogP contribution in [0.5, 0.6) is 0 Å². The fraction of sp³-hybridized carbons (Fsp3) is 0.261. The molecule has 3 rings (SSSR count). The minimum atomic E-state index is -1.26. The number of benzene rings is 1. The van der Waals surface area contributed by atoms with Gasteiger partial charge in [-0.1, -0.05) is 29.3 Å². The molecule has 2 N–H and O–H groups in total. The van der Waals surface area contributed by atoms with E-state index < -0.39 is 46.7 Å². The maximum Gasteiger partial charge on any atom is 0.417 e. The number of carbonyl (C=O) groups is 3. The molecule has 2 heterocycles. The second-order valence-electron chi connectivity index (χ2n) is 7.70. The number of pyridine rings is 1. The Hall–Kier alpha value is -3.81. The van der Waals surface area contributed by atoms with Gasteiger partial charge in [0.25, 0.3) is 5.91 Å². The zero-order valence-electron chi connectivity index (χ0n) is 20.3. The molecule has 2 aromatic heterocycles. The first-order valence-electron chi connectivity index (χ1n) is 10.9. The zero-order chi connectivity index (χ0) is 28.0. The minimum Gasteiger partial charge on any atom is -0.460 e. The van der Waals surface area contributed by atoms with Crippen molar-refractivity contribution in [1.29, 1.82) is 0 Å². The molecule has 0 fully saturated rings. The number of esters is 1. The van der Waals surface area contributed by atoms with Gasteiger partial charge in [-0.2, -0.15) is 5.10 Å². The highest BCUT2D eigenvalue weighted by Gasteiger charge is 2.28. The van der Waals surface area contributed by atoms with Crippen LogP contribution < -0.4 is 15.5 Å². The van der Waals surface area contributed by atoms with Gasteiger partial charge in [-0.05, 0) is 38.2 Å². The van der Waals surface area contributed by atoms with Gasteiger partial charge >= 0.3 is 12.1 Å². The van der Waals surface area contributed by atoms with E-state index >= 15 is 0 Å². The first-order chi connectivity index (χ1) is 18.0. The number of aromatic nitrogens is 3. The average Bonchev–Trinajstić information content (AvgIpc) is 3.18. The molecule has 0 bridgehead atoms. The van der Waals surface area contributed by atoms with Crippen LogP contribution in [0.15, 0.2) is 36.5 Å². The zero-order valence-corrected chi connectivity index (χ0v) is 21.8. The summed E-state index contributed by atoms with van der Waals surface area (Å²) >= 11 is 11.9. The molecule has 202 valence electrons. The largest absolute Gasteiger partial charge is 0.460 e. The molecule has 0 radical (unpaired) electrons. The predicted molar refractivity (Wildman–Crippen MR) is 134 cm³/mol. The number of likely N-dealkylation sites (N-methyl/N-ethyl adjacent to an activating group) is 1. The number of nitrogens with zero attached hydrogens (tertiary/aromatic N) is 4. The fourth-order valence-electron chi connectivity index (χ4n) is 3.11. The summed E-state index contributed by atoms with van der Waals surface area (Å²) in [5, 5.41) is 8.10. The van der Waals surface area contributed by atoms with Crippen LogP contribution in [0.25, 0.3) is 0 Å². The smallest absolute Gasteiger partial charge is 0.417 e. The average molecular weight is 571 g/mol. The molecule has 0 saturated heterocycles. The first kappa shape index (κ1) is 28.8. The summed E-state index contributed by atoms with van der Waals surface area (Å²) in [6.45, 7) is 1.20. The Balaban J connectivity index is 1.73. The van der Waals surface area contributed by atoms with Crippen molar-refractivity contribution in [2.75, 3.05) is 30.9 Å². The van der Waals surface area contributed by atoms with Crippen LogP contribution in [0.2, 0.25) is 10.2 Å². The third-order valence-electron chi connectivity index (χ3n) is 4.98. The Labute approximate surface area is 225 Å². The lowest BCUT2D eigenvalue weighted by atomic mass is 10.2. The van der Waals surface area contributed by atoms with Crippen molar-refractivity contribution in [1.82, 2.24) is 20.1 Å². The van der Waals surface area contributed by atoms with Crippen LogP contribution in [-0.4, -0.2) is 53.4 Å². The summed E-state index contributed by atoms with van der Waals surface area (Å²) in [6.07, 6.45) is -0.752. The van der Waals surface area contributed by atoms with Crippen LogP contribution in [0.1, 0.15) is 29.2 Å². The van der Waals surface area contributed by atoms with Gasteiger partial charge in [0.15, 0.2) is 22.9 Å². The van der Waals surface area contributed by atoms with Crippen molar-refractivity contribution in [3.8, 4) is 0 Å². The summed E-state index contributed by atoms with van der Waals surface area (Å²) in [7, 11) is 2.96. The van der Waals surface area contributed by atoms with Gasteiger partial charge in [0, 0.05) is 18.8 Å². The number of hydrogen-bond acceptors (Lipinski definition) is 8. The summed E-state index contributed by atoms with van der Waals surface area (Å²) in [4.78, 5) is 42.2. The molecule has 0 aliphatic rings. The van der Waals surface area contributed by atoms with E-state index in [0.717, 1.165) is 21.7 Å². The van der Waals surface area contributed by atoms with Gasteiger partial charge in [0.05, 0.1) is 17.3 Å². The monoisotopic (exact) mass is 570 g/mol. The number of ether oxygens (including phenoxy) is 2. The molecule has 0 spiro atoms. The molecule has 11 nitrogen and oxygen atoms in total. The molecular weight excluding hydrogens is 549 g/mol. The highest BCUT2D eigenvalue weighted by atomic mass is 35.5. The van der Waals surface area contributed by atoms with Gasteiger partial charge < -0.3 is 20.1 Å². The number of nitrogens with one attached hydrogen (secondary N) is 2. The van der Waals surface area contributed by atoms with Crippen molar-refractivity contribution >= 4 is 52.7 Å². The summed E-state index contributed by atoms with van der Waals surface area (Å²) in [6, 6.07) is 6.43. The van der Waals surface area contributed by atoms with Crippen molar-refractivity contribution in [3.05, 3.63) is 69.6 Å². The molecule has 38 heavy (non-hydrogen) atoms. The Morgan fingerprint density at radius 2 is 1.95 bits per heavy atom. The van der Waals surface area contributed by atoms with E-state index in [0.29, 0.717) is 5.56 Å². The summed E-state index contributed by atoms with van der Waals surface area (Å²) < 4.78 is 39.3. The summed E-state index contributed by atoms with van der Waals surface area (Å²) in [5.41, 5.74) is -0.264. The normalized spacial score (nSPS) is 11.6. The molecule has 0 aliphatic carbocycles. The first-order valence-corrected chi connectivity index (χ1v) is 11.7. The van der Waals surface area contributed by atoms with Crippen LogP contribution in [-0.2, 0) is 20.9 Å². The number of anilines is 2. The lowest BCUT2D eigenvalue weighted by molar-refractivity contribution is -0.143. The third kappa shape index (κ3) is 6.73. The van der Waals surface area contributed by atoms with Crippen molar-refractivity contribution < 1.29 is 32.6 Å². The molecule has 1 unspecified atom stereocenters. The van der Waals surface area contributed by atoms with Crippen molar-refractivity contribution in [2.24, 2.45) is 0 Å². The van der Waals surface area contributed by atoms with Crippen LogP contribution in [0.4, 0.5) is 25.1 Å². The Bertz CT molecular complexity index is 1360. The van der Waals surface area contributed by atoms with Crippen molar-refractivity contribution in [3.63, 3.8) is 0 Å². The fourth-order valence-corrected chi connectivity index (χ4v) is 3.59. The lowest BCUT2D eigenvalue weighted by Gasteiger charge is -2.22. The number of carbonyl (C=O) groups excluding carboxylic acids is 3. The molecule has 15 heteroatoms. The number of halogens is 4. The maximum atomic E-state index is 14.7. The lowest BCUT2D eigenvalue weighted by Crippen LogP contribution is -2.31. The van der Waals surface area contributed by atoms with Gasteiger partial charge in [-0.25, -0.2) is 23.2 Å². The minimum absolute atomic E-state index is 0.00311. The molecule has 0 aliphatic heterocycles. The number of amides is 2. The van der Waals surface area contributed by atoms with E-state index in [1.54, 1.807) is 19.2 Å². The third-order valence-corrected chi connectivity index (χ3v) is 5.63. The topological polar surface area (TPSA) is 128 Å².